The molecule has 0 aliphatic carbocycles. The predicted molar refractivity (Wildman–Crippen MR) is 77.0 cm³/mol. The summed E-state index contributed by atoms with van der Waals surface area (Å²) in [6.45, 7) is 2.00. The van der Waals surface area contributed by atoms with Gasteiger partial charge in [-0.3, -0.25) is 4.98 Å². The van der Waals surface area contributed by atoms with E-state index in [-0.39, 0.29) is 0 Å². The summed E-state index contributed by atoms with van der Waals surface area (Å²) in [5.41, 5.74) is 1.28. The topological polar surface area (TPSA) is 36.4 Å². The van der Waals surface area contributed by atoms with E-state index in [9.17, 15) is 5.11 Å². The maximum absolute atomic E-state index is 11.1. The Morgan fingerprint density at radius 3 is 2.95 bits per heavy atom. The Hall–Kier alpha value is -1.45. The number of fused-ring (bicyclic) bond motifs is 1. The molecule has 0 radical (unpaired) electrons. The van der Waals surface area contributed by atoms with E-state index in [4.69, 9.17) is 0 Å². The third kappa shape index (κ3) is 2.36. The molecule has 1 unspecified atom stereocenters. The average molecular weight is 256 g/mol. The van der Waals surface area contributed by atoms with Gasteiger partial charge in [-0.05, 0) is 50.6 Å². The molecule has 100 valence electrons. The summed E-state index contributed by atoms with van der Waals surface area (Å²) in [5.74, 6) is 0. The van der Waals surface area contributed by atoms with Crippen molar-refractivity contribution in [3.05, 3.63) is 42.1 Å². The molecule has 1 aromatic heterocycles. The minimum absolute atomic E-state index is 0.715. The lowest BCUT2D eigenvalue weighted by Crippen LogP contribution is -2.28. The van der Waals surface area contributed by atoms with Gasteiger partial charge in [-0.2, -0.15) is 0 Å². The van der Waals surface area contributed by atoms with Gasteiger partial charge in [0, 0.05) is 18.1 Å². The third-order valence-corrected chi connectivity index (χ3v) is 4.18. The quantitative estimate of drug-likeness (QED) is 0.852. The first kappa shape index (κ1) is 12.6. The molecule has 19 heavy (non-hydrogen) atoms. The fraction of sp³-hybridized carbons (Fsp3) is 0.438. The second-order valence-corrected chi connectivity index (χ2v) is 5.56. The van der Waals surface area contributed by atoms with Gasteiger partial charge >= 0.3 is 0 Å². The molecule has 1 aromatic carbocycles. The van der Waals surface area contributed by atoms with E-state index in [1.165, 1.54) is 0 Å². The highest BCUT2D eigenvalue weighted by Crippen LogP contribution is 2.36. The zero-order valence-corrected chi connectivity index (χ0v) is 11.3. The zero-order chi connectivity index (χ0) is 13.3. The van der Waals surface area contributed by atoms with E-state index in [0.717, 1.165) is 48.8 Å². The van der Waals surface area contributed by atoms with E-state index < -0.39 is 5.60 Å². The molecule has 3 rings (SSSR count). The second-order valence-electron chi connectivity index (χ2n) is 5.56. The van der Waals surface area contributed by atoms with Crippen LogP contribution in [0.5, 0.6) is 0 Å². The standard InChI is InChI=1S/C16H20N2O/c1-18-11-4-8-16(19,9-12-18)14-6-2-7-15-13(14)5-3-10-17-15/h2-3,5-7,10,19H,4,8-9,11-12H2,1H3. The normalized spacial score (nSPS) is 25.4. The molecule has 0 bridgehead atoms. The minimum Gasteiger partial charge on any atom is -0.385 e. The van der Waals surface area contributed by atoms with Crippen LogP contribution in [0.25, 0.3) is 10.9 Å². The van der Waals surface area contributed by atoms with Crippen LogP contribution in [0, 0.1) is 0 Å². The van der Waals surface area contributed by atoms with Crippen molar-refractivity contribution >= 4 is 10.9 Å². The lowest BCUT2D eigenvalue weighted by atomic mass is 9.84. The van der Waals surface area contributed by atoms with E-state index in [1.807, 2.05) is 18.2 Å². The maximum atomic E-state index is 11.1. The smallest absolute Gasteiger partial charge is 0.0915 e. The van der Waals surface area contributed by atoms with Crippen LogP contribution >= 0.6 is 0 Å². The fourth-order valence-electron chi connectivity index (χ4n) is 3.03. The Bertz CT molecular complexity index is 578. The molecule has 1 saturated heterocycles. The summed E-state index contributed by atoms with van der Waals surface area (Å²) < 4.78 is 0. The van der Waals surface area contributed by atoms with Crippen molar-refractivity contribution in [1.82, 2.24) is 9.88 Å². The predicted octanol–water partition coefficient (Wildman–Crippen LogP) is 2.54. The molecule has 0 saturated carbocycles. The van der Waals surface area contributed by atoms with Crippen LogP contribution in [0.2, 0.25) is 0 Å². The summed E-state index contributed by atoms with van der Waals surface area (Å²) in [6, 6.07) is 10.1. The molecule has 1 atom stereocenters. The van der Waals surface area contributed by atoms with E-state index in [1.54, 1.807) is 6.20 Å². The first-order chi connectivity index (χ1) is 9.19. The molecular formula is C16H20N2O. The number of hydrogen-bond acceptors (Lipinski definition) is 3. The third-order valence-electron chi connectivity index (χ3n) is 4.18. The van der Waals surface area contributed by atoms with Gasteiger partial charge in [-0.25, -0.2) is 0 Å². The Morgan fingerprint density at radius 1 is 1.16 bits per heavy atom. The van der Waals surface area contributed by atoms with Crippen molar-refractivity contribution in [3.8, 4) is 0 Å². The van der Waals surface area contributed by atoms with E-state index in [0.29, 0.717) is 0 Å². The molecule has 1 aliphatic heterocycles. The SMILES string of the molecule is CN1CCCC(O)(c2cccc3ncccc23)CC1. The highest BCUT2D eigenvalue weighted by Gasteiger charge is 2.32. The number of pyridine rings is 1. The Balaban J connectivity index is 2.07. The number of likely N-dealkylation sites (tertiary alicyclic amines) is 1. The van der Waals surface area contributed by atoms with Crippen molar-refractivity contribution in [2.45, 2.75) is 24.9 Å². The number of rotatable bonds is 1. The lowest BCUT2D eigenvalue weighted by molar-refractivity contribution is 0.0233. The first-order valence-electron chi connectivity index (χ1n) is 6.94. The van der Waals surface area contributed by atoms with Gasteiger partial charge in [-0.1, -0.05) is 18.2 Å². The summed E-state index contributed by atoms with van der Waals surface area (Å²) in [7, 11) is 2.12. The van der Waals surface area contributed by atoms with Gasteiger partial charge in [0.2, 0.25) is 0 Å². The Morgan fingerprint density at radius 2 is 2.05 bits per heavy atom. The monoisotopic (exact) mass is 256 g/mol. The van der Waals surface area contributed by atoms with Crippen molar-refractivity contribution in [3.63, 3.8) is 0 Å². The summed E-state index contributed by atoms with van der Waals surface area (Å²) in [6.07, 6.45) is 4.45. The highest BCUT2D eigenvalue weighted by molar-refractivity contribution is 5.82. The molecule has 3 heteroatoms. The van der Waals surface area contributed by atoms with Crippen molar-refractivity contribution in [2.75, 3.05) is 20.1 Å². The molecule has 1 N–H and O–H groups in total. The average Bonchev–Trinajstić information content (AvgIpc) is 2.61. The van der Waals surface area contributed by atoms with Gasteiger partial charge in [0.25, 0.3) is 0 Å². The Kier molecular flexibility index (Phi) is 3.25. The zero-order valence-electron chi connectivity index (χ0n) is 11.3. The molecule has 2 aromatic rings. The highest BCUT2D eigenvalue weighted by atomic mass is 16.3. The number of hydrogen-bond donors (Lipinski definition) is 1. The maximum Gasteiger partial charge on any atom is 0.0915 e. The number of nitrogens with zero attached hydrogens (tertiary/aromatic N) is 2. The van der Waals surface area contributed by atoms with Gasteiger partial charge in [-0.15, -0.1) is 0 Å². The fourth-order valence-corrected chi connectivity index (χ4v) is 3.03. The summed E-state index contributed by atoms with van der Waals surface area (Å²) in [4.78, 5) is 6.68. The van der Waals surface area contributed by atoms with Crippen LogP contribution < -0.4 is 0 Å². The van der Waals surface area contributed by atoms with Gasteiger partial charge in [0.05, 0.1) is 11.1 Å². The van der Waals surface area contributed by atoms with E-state index in [2.05, 4.69) is 29.1 Å². The van der Waals surface area contributed by atoms with Gasteiger partial charge in [0.15, 0.2) is 0 Å². The van der Waals surface area contributed by atoms with Gasteiger partial charge in [0.1, 0.15) is 0 Å². The first-order valence-corrected chi connectivity index (χ1v) is 6.94. The largest absolute Gasteiger partial charge is 0.385 e. The minimum atomic E-state index is -0.715. The molecule has 0 amide bonds. The molecule has 1 aliphatic rings. The van der Waals surface area contributed by atoms with E-state index >= 15 is 0 Å². The molecule has 0 spiro atoms. The second kappa shape index (κ2) is 4.91. The van der Waals surface area contributed by atoms with Crippen LogP contribution in [0.15, 0.2) is 36.5 Å². The summed E-state index contributed by atoms with van der Waals surface area (Å²) in [5, 5.41) is 12.2. The lowest BCUT2D eigenvalue weighted by Gasteiger charge is -2.28. The Labute approximate surface area is 113 Å². The van der Waals surface area contributed by atoms with Crippen molar-refractivity contribution in [2.24, 2.45) is 0 Å². The molecular weight excluding hydrogens is 236 g/mol. The van der Waals surface area contributed by atoms with Crippen molar-refractivity contribution < 1.29 is 5.11 Å². The molecule has 2 heterocycles. The van der Waals surface area contributed by atoms with Crippen LogP contribution in [-0.2, 0) is 5.60 Å². The van der Waals surface area contributed by atoms with Crippen molar-refractivity contribution in [1.29, 1.82) is 0 Å². The van der Waals surface area contributed by atoms with Crippen LogP contribution in [0.1, 0.15) is 24.8 Å². The van der Waals surface area contributed by atoms with Crippen LogP contribution in [0.3, 0.4) is 0 Å². The molecule has 1 fully saturated rings. The van der Waals surface area contributed by atoms with Crippen LogP contribution in [0.4, 0.5) is 0 Å². The van der Waals surface area contributed by atoms with Gasteiger partial charge < -0.3 is 10.0 Å². The number of aliphatic hydroxyl groups is 1. The summed E-state index contributed by atoms with van der Waals surface area (Å²) >= 11 is 0. The molecule has 3 nitrogen and oxygen atoms in total. The number of aromatic nitrogens is 1. The van der Waals surface area contributed by atoms with Crippen LogP contribution in [-0.4, -0.2) is 35.1 Å². The number of benzene rings is 1.